The summed E-state index contributed by atoms with van der Waals surface area (Å²) >= 11 is 0. The Morgan fingerprint density at radius 3 is 2.37 bits per heavy atom. The monoisotopic (exact) mass is 369 g/mol. The molecule has 1 aromatic heterocycles. The number of amides is 2. The number of aromatic nitrogens is 2. The number of hydroxylamine groups is 1. The van der Waals surface area contributed by atoms with Crippen LogP contribution >= 0.6 is 0 Å². The largest absolute Gasteiger partial charge is 0.329 e. The highest BCUT2D eigenvalue weighted by Crippen LogP contribution is 2.20. The molecule has 0 bridgehead atoms. The molecule has 2 atom stereocenters. The van der Waals surface area contributed by atoms with Gasteiger partial charge in [-0.15, -0.1) is 0 Å². The molecule has 3 rings (SSSR count). The van der Waals surface area contributed by atoms with Crippen LogP contribution in [0.15, 0.2) is 42.9 Å². The van der Waals surface area contributed by atoms with E-state index in [2.05, 4.69) is 14.9 Å². The number of carbonyl (C=O) groups is 2. The Hall–Kier alpha value is -2.84. The van der Waals surface area contributed by atoms with Gasteiger partial charge in [0.15, 0.2) is 0 Å². The van der Waals surface area contributed by atoms with Gasteiger partial charge in [0.05, 0.1) is 6.20 Å². The van der Waals surface area contributed by atoms with E-state index >= 15 is 0 Å². The molecule has 142 valence electrons. The number of carbonyl (C=O) groups excluding carboxylic acids is 2. The molecule has 1 fully saturated rings. The van der Waals surface area contributed by atoms with Gasteiger partial charge in [-0.25, -0.2) is 10.5 Å². The quantitative estimate of drug-likeness (QED) is 0.623. The molecule has 1 aliphatic heterocycles. The number of hydrogen-bond acceptors (Lipinski definition) is 6. The predicted octanol–water partition coefficient (Wildman–Crippen LogP) is 1.33. The molecule has 2 heterocycles. The molecule has 2 N–H and O–H groups in total. The number of benzene rings is 1. The van der Waals surface area contributed by atoms with E-state index < -0.39 is 5.91 Å². The summed E-state index contributed by atoms with van der Waals surface area (Å²) in [6.45, 7) is 6.28. The molecule has 2 unspecified atom stereocenters. The lowest BCUT2D eigenvalue weighted by Crippen LogP contribution is -2.58. The predicted molar refractivity (Wildman–Crippen MR) is 98.1 cm³/mol. The fourth-order valence-electron chi connectivity index (χ4n) is 3.59. The van der Waals surface area contributed by atoms with Crippen LogP contribution in [0, 0.1) is 0 Å². The zero-order chi connectivity index (χ0) is 19.4. The Bertz CT molecular complexity index is 785. The van der Waals surface area contributed by atoms with Crippen molar-refractivity contribution < 1.29 is 14.8 Å². The smallest absolute Gasteiger partial charge is 0.274 e. The van der Waals surface area contributed by atoms with Gasteiger partial charge in [0, 0.05) is 49.7 Å². The van der Waals surface area contributed by atoms with E-state index in [0.717, 1.165) is 25.2 Å². The Balaban J connectivity index is 1.65. The van der Waals surface area contributed by atoms with Crippen molar-refractivity contribution >= 4 is 11.8 Å². The molecule has 2 aromatic rings. The minimum absolute atomic E-state index is 0.0442. The second-order valence-electron chi connectivity index (χ2n) is 6.83. The minimum Gasteiger partial charge on any atom is -0.329 e. The van der Waals surface area contributed by atoms with Crippen LogP contribution in [-0.4, -0.2) is 62.0 Å². The Morgan fingerprint density at radius 1 is 1.15 bits per heavy atom. The van der Waals surface area contributed by atoms with Crippen molar-refractivity contribution in [3.63, 3.8) is 0 Å². The second-order valence-corrected chi connectivity index (χ2v) is 6.83. The molecule has 0 radical (unpaired) electrons. The molecule has 0 spiro atoms. The molecule has 0 saturated carbocycles. The first-order chi connectivity index (χ1) is 13.0. The third-order valence-corrected chi connectivity index (χ3v) is 4.74. The number of rotatable bonds is 4. The van der Waals surface area contributed by atoms with Gasteiger partial charge in [-0.1, -0.05) is 12.1 Å². The van der Waals surface area contributed by atoms with Crippen molar-refractivity contribution in [2.45, 2.75) is 32.5 Å². The summed E-state index contributed by atoms with van der Waals surface area (Å²) in [7, 11) is 0. The maximum absolute atomic E-state index is 12.8. The molecular weight excluding hydrogens is 346 g/mol. The third-order valence-electron chi connectivity index (χ3n) is 4.74. The number of piperazine rings is 1. The average Bonchev–Trinajstić information content (AvgIpc) is 2.68. The zero-order valence-corrected chi connectivity index (χ0v) is 15.4. The van der Waals surface area contributed by atoms with Crippen molar-refractivity contribution in [3.05, 3.63) is 59.7 Å². The summed E-state index contributed by atoms with van der Waals surface area (Å²) in [5.74, 6) is -0.623. The lowest BCUT2D eigenvalue weighted by Gasteiger charge is -2.44. The molecule has 2 amide bonds. The van der Waals surface area contributed by atoms with Crippen molar-refractivity contribution in [3.8, 4) is 0 Å². The highest BCUT2D eigenvalue weighted by molar-refractivity contribution is 5.93. The molecule has 1 aliphatic rings. The summed E-state index contributed by atoms with van der Waals surface area (Å²) in [6.07, 6.45) is 4.58. The minimum atomic E-state index is -0.528. The van der Waals surface area contributed by atoms with E-state index in [9.17, 15) is 9.59 Å². The van der Waals surface area contributed by atoms with E-state index in [0.29, 0.717) is 11.3 Å². The summed E-state index contributed by atoms with van der Waals surface area (Å²) in [6, 6.07) is 7.20. The van der Waals surface area contributed by atoms with Gasteiger partial charge < -0.3 is 4.90 Å². The van der Waals surface area contributed by atoms with Crippen molar-refractivity contribution in [2.75, 3.05) is 13.1 Å². The van der Waals surface area contributed by atoms with Gasteiger partial charge in [-0.05, 0) is 31.5 Å². The van der Waals surface area contributed by atoms with E-state index in [1.165, 1.54) is 12.4 Å². The van der Waals surface area contributed by atoms with Crippen LogP contribution in [0.5, 0.6) is 0 Å². The number of nitrogens with zero attached hydrogens (tertiary/aromatic N) is 4. The standard InChI is InChI=1S/C19H23N5O3/c1-13-10-23(12-15-3-5-16(6-4-15)18(25)22-27)11-14(2)24(13)19(26)17-9-20-7-8-21-17/h3-9,13-14,27H,10-12H2,1-2H3,(H,22,25). The molecule has 0 aliphatic carbocycles. The SMILES string of the molecule is CC1CN(Cc2ccc(C(=O)NO)cc2)CC(C)N1C(=O)c1cnccn1. The van der Waals surface area contributed by atoms with Gasteiger partial charge in [0.1, 0.15) is 5.69 Å². The zero-order valence-electron chi connectivity index (χ0n) is 15.4. The number of hydrogen-bond donors (Lipinski definition) is 2. The normalized spacial score (nSPS) is 20.3. The molecule has 8 nitrogen and oxygen atoms in total. The maximum atomic E-state index is 12.8. The molecule has 27 heavy (non-hydrogen) atoms. The summed E-state index contributed by atoms with van der Waals surface area (Å²) < 4.78 is 0. The van der Waals surface area contributed by atoms with Crippen LogP contribution in [0.25, 0.3) is 0 Å². The summed E-state index contributed by atoms with van der Waals surface area (Å²) in [5, 5.41) is 8.68. The second kappa shape index (κ2) is 8.24. The fourth-order valence-corrected chi connectivity index (χ4v) is 3.59. The summed E-state index contributed by atoms with van der Waals surface area (Å²) in [4.78, 5) is 36.4. The average molecular weight is 369 g/mol. The van der Waals surface area contributed by atoms with E-state index in [4.69, 9.17) is 5.21 Å². The molecule has 1 saturated heterocycles. The third kappa shape index (κ3) is 4.29. The van der Waals surface area contributed by atoms with Gasteiger partial charge in [0.25, 0.3) is 11.8 Å². The molecule has 8 heteroatoms. The lowest BCUT2D eigenvalue weighted by atomic mass is 10.1. The fraction of sp³-hybridized carbons (Fsp3) is 0.368. The maximum Gasteiger partial charge on any atom is 0.274 e. The Morgan fingerprint density at radius 2 is 1.81 bits per heavy atom. The van der Waals surface area contributed by atoms with Crippen molar-refractivity contribution in [1.29, 1.82) is 0 Å². The number of nitrogens with one attached hydrogen (secondary N) is 1. The Labute approximate surface area is 157 Å². The van der Waals surface area contributed by atoms with Crippen LogP contribution in [0.4, 0.5) is 0 Å². The first-order valence-corrected chi connectivity index (χ1v) is 8.84. The van der Waals surface area contributed by atoms with Crippen molar-refractivity contribution in [2.24, 2.45) is 0 Å². The van der Waals surface area contributed by atoms with E-state index in [1.54, 1.807) is 23.8 Å². The van der Waals surface area contributed by atoms with Crippen LogP contribution in [0.1, 0.15) is 40.3 Å². The van der Waals surface area contributed by atoms with Gasteiger partial charge in [-0.3, -0.25) is 24.7 Å². The van der Waals surface area contributed by atoms with Crippen LogP contribution in [-0.2, 0) is 6.54 Å². The lowest BCUT2D eigenvalue weighted by molar-refractivity contribution is 0.0263. The van der Waals surface area contributed by atoms with Crippen molar-refractivity contribution in [1.82, 2.24) is 25.2 Å². The molecular formula is C19H23N5O3. The first-order valence-electron chi connectivity index (χ1n) is 8.84. The first kappa shape index (κ1) is 18.9. The molecule has 1 aromatic carbocycles. The van der Waals surface area contributed by atoms with Gasteiger partial charge >= 0.3 is 0 Å². The van der Waals surface area contributed by atoms with Gasteiger partial charge in [0.2, 0.25) is 0 Å². The Kier molecular flexibility index (Phi) is 5.78. The van der Waals surface area contributed by atoms with Crippen LogP contribution < -0.4 is 5.48 Å². The topological polar surface area (TPSA) is 98.7 Å². The highest BCUT2D eigenvalue weighted by Gasteiger charge is 2.33. The van der Waals surface area contributed by atoms with Crippen LogP contribution in [0.2, 0.25) is 0 Å². The summed E-state index contributed by atoms with van der Waals surface area (Å²) in [5.41, 5.74) is 3.46. The van der Waals surface area contributed by atoms with Gasteiger partial charge in [-0.2, -0.15) is 0 Å². The van der Waals surface area contributed by atoms with E-state index in [-0.39, 0.29) is 18.0 Å². The highest BCUT2D eigenvalue weighted by atomic mass is 16.5. The van der Waals surface area contributed by atoms with E-state index in [1.807, 2.05) is 30.9 Å². The van der Waals surface area contributed by atoms with Crippen LogP contribution in [0.3, 0.4) is 0 Å².